The Morgan fingerprint density at radius 2 is 2.21 bits per heavy atom. The molecule has 1 aromatic rings. The van der Waals surface area contributed by atoms with Crippen molar-refractivity contribution in [1.82, 2.24) is 10.2 Å². The van der Waals surface area contributed by atoms with E-state index in [1.807, 2.05) is 0 Å². The number of carboxylic acids is 1. The summed E-state index contributed by atoms with van der Waals surface area (Å²) < 4.78 is 22.2. The molecule has 0 aliphatic rings. The van der Waals surface area contributed by atoms with Crippen LogP contribution in [0.1, 0.15) is 28.4 Å². The molecule has 1 unspecified atom stereocenters. The van der Waals surface area contributed by atoms with Crippen molar-refractivity contribution in [1.29, 1.82) is 0 Å². The molecule has 1 aromatic heterocycles. The molecule has 0 saturated carbocycles. The lowest BCUT2D eigenvalue weighted by atomic mass is 10.3. The zero-order valence-electron chi connectivity index (χ0n) is 7.68. The van der Waals surface area contributed by atoms with Crippen molar-refractivity contribution in [3.63, 3.8) is 0 Å². The summed E-state index contributed by atoms with van der Waals surface area (Å²) in [5, 5.41) is 13.6. The van der Waals surface area contributed by atoms with Gasteiger partial charge in [-0.15, -0.1) is 0 Å². The van der Waals surface area contributed by atoms with Crippen LogP contribution in [0.5, 0.6) is 0 Å². The number of carbonyl (C=O) groups is 1. The fraction of sp³-hybridized carbons (Fsp3) is 0.429. The lowest BCUT2D eigenvalue weighted by Gasteiger charge is -2.04. The second-order valence-electron chi connectivity index (χ2n) is 2.99. The van der Waals surface area contributed by atoms with Crippen molar-refractivity contribution in [3.05, 3.63) is 17.5 Å². The van der Waals surface area contributed by atoms with E-state index in [-0.39, 0.29) is 11.4 Å². The molecule has 14 heavy (non-hydrogen) atoms. The fourth-order valence-corrected chi connectivity index (χ4v) is 1.47. The van der Waals surface area contributed by atoms with Crippen LogP contribution in [-0.2, 0) is 9.84 Å². The van der Waals surface area contributed by atoms with E-state index in [1.165, 1.54) is 13.0 Å². The number of aromatic amines is 1. The van der Waals surface area contributed by atoms with Crippen molar-refractivity contribution in [2.24, 2.45) is 0 Å². The van der Waals surface area contributed by atoms with Gasteiger partial charge in [0.05, 0.1) is 10.9 Å². The van der Waals surface area contributed by atoms with Crippen LogP contribution in [0, 0.1) is 0 Å². The fourth-order valence-electron chi connectivity index (χ4n) is 0.885. The van der Waals surface area contributed by atoms with E-state index in [1.54, 1.807) is 0 Å². The smallest absolute Gasteiger partial charge is 0.356 e. The van der Waals surface area contributed by atoms with Crippen molar-refractivity contribution in [2.45, 2.75) is 12.2 Å². The summed E-state index contributed by atoms with van der Waals surface area (Å²) in [6.07, 6.45) is 1.08. The first-order chi connectivity index (χ1) is 6.32. The highest BCUT2D eigenvalue weighted by Crippen LogP contribution is 2.18. The Labute approximate surface area is 80.9 Å². The maximum absolute atomic E-state index is 11.1. The average molecular weight is 218 g/mol. The molecular formula is C7H10N2O4S. The summed E-state index contributed by atoms with van der Waals surface area (Å²) in [4.78, 5) is 10.5. The first-order valence-electron chi connectivity index (χ1n) is 3.80. The molecule has 0 aliphatic carbocycles. The number of aromatic carboxylic acids is 1. The molecule has 0 radical (unpaired) electrons. The normalized spacial score (nSPS) is 13.9. The van der Waals surface area contributed by atoms with Gasteiger partial charge < -0.3 is 5.11 Å². The SMILES string of the molecule is CC(c1cc(C(=O)O)n[nH]1)S(C)(=O)=O. The molecule has 78 valence electrons. The van der Waals surface area contributed by atoms with Gasteiger partial charge in [0.2, 0.25) is 0 Å². The molecular weight excluding hydrogens is 208 g/mol. The second kappa shape index (κ2) is 3.41. The van der Waals surface area contributed by atoms with Crippen LogP contribution in [0.3, 0.4) is 0 Å². The summed E-state index contributed by atoms with van der Waals surface area (Å²) in [6.45, 7) is 1.47. The van der Waals surface area contributed by atoms with Crippen molar-refractivity contribution in [3.8, 4) is 0 Å². The Morgan fingerprint density at radius 1 is 1.64 bits per heavy atom. The number of sulfone groups is 1. The first kappa shape index (κ1) is 10.7. The van der Waals surface area contributed by atoms with Crippen molar-refractivity contribution in [2.75, 3.05) is 6.26 Å². The number of rotatable bonds is 3. The van der Waals surface area contributed by atoms with Crippen LogP contribution in [0.4, 0.5) is 0 Å². The molecule has 0 amide bonds. The maximum Gasteiger partial charge on any atom is 0.356 e. The molecule has 1 heterocycles. The Morgan fingerprint density at radius 3 is 2.57 bits per heavy atom. The van der Waals surface area contributed by atoms with Crippen LogP contribution in [0.15, 0.2) is 6.07 Å². The minimum absolute atomic E-state index is 0.185. The minimum Gasteiger partial charge on any atom is -0.476 e. The molecule has 0 spiro atoms. The Bertz CT molecular complexity index is 448. The van der Waals surface area contributed by atoms with Gasteiger partial charge in [0, 0.05) is 6.26 Å². The standard InChI is InChI=1S/C7H10N2O4S/c1-4(14(2,12)13)5-3-6(7(10)11)9-8-5/h3-4H,1-2H3,(H,8,9)(H,10,11). The molecule has 2 N–H and O–H groups in total. The number of carboxylic acid groups (broad SMARTS) is 1. The van der Waals surface area contributed by atoms with Gasteiger partial charge in [-0.1, -0.05) is 0 Å². The van der Waals surface area contributed by atoms with Crippen LogP contribution in [0.25, 0.3) is 0 Å². The van der Waals surface area contributed by atoms with E-state index in [0.29, 0.717) is 0 Å². The molecule has 7 heteroatoms. The molecule has 0 aromatic carbocycles. The van der Waals surface area contributed by atoms with E-state index < -0.39 is 21.1 Å². The number of H-pyrrole nitrogens is 1. The highest BCUT2D eigenvalue weighted by Gasteiger charge is 2.20. The van der Waals surface area contributed by atoms with E-state index in [2.05, 4.69) is 10.2 Å². The molecule has 0 aliphatic heterocycles. The third-order valence-electron chi connectivity index (χ3n) is 1.90. The van der Waals surface area contributed by atoms with Crippen molar-refractivity contribution < 1.29 is 18.3 Å². The molecule has 0 saturated heterocycles. The van der Waals surface area contributed by atoms with Gasteiger partial charge in [-0.05, 0) is 13.0 Å². The second-order valence-corrected chi connectivity index (χ2v) is 5.35. The highest BCUT2D eigenvalue weighted by atomic mass is 32.2. The zero-order valence-corrected chi connectivity index (χ0v) is 8.50. The lowest BCUT2D eigenvalue weighted by molar-refractivity contribution is 0.0690. The predicted molar refractivity (Wildman–Crippen MR) is 48.8 cm³/mol. The number of hydrogen-bond acceptors (Lipinski definition) is 4. The maximum atomic E-state index is 11.1. The third-order valence-corrected chi connectivity index (χ3v) is 3.44. The number of hydrogen-bond donors (Lipinski definition) is 2. The average Bonchev–Trinajstić information content (AvgIpc) is 2.48. The summed E-state index contributed by atoms with van der Waals surface area (Å²) >= 11 is 0. The third kappa shape index (κ3) is 2.11. The van der Waals surface area contributed by atoms with E-state index in [9.17, 15) is 13.2 Å². The van der Waals surface area contributed by atoms with Crippen LogP contribution < -0.4 is 0 Å². The summed E-state index contributed by atoms with van der Waals surface area (Å²) in [6, 6.07) is 1.22. The monoisotopic (exact) mass is 218 g/mol. The number of aromatic nitrogens is 2. The van der Waals surface area contributed by atoms with E-state index in [0.717, 1.165) is 6.26 Å². The molecule has 0 fully saturated rings. The van der Waals surface area contributed by atoms with Gasteiger partial charge in [-0.3, -0.25) is 5.10 Å². The molecule has 6 nitrogen and oxygen atoms in total. The van der Waals surface area contributed by atoms with Gasteiger partial charge in [0.25, 0.3) is 0 Å². The Hall–Kier alpha value is -1.37. The van der Waals surface area contributed by atoms with Gasteiger partial charge in [-0.25, -0.2) is 13.2 Å². The van der Waals surface area contributed by atoms with E-state index in [4.69, 9.17) is 5.11 Å². The van der Waals surface area contributed by atoms with Crippen LogP contribution >= 0.6 is 0 Å². The molecule has 0 bridgehead atoms. The summed E-state index contributed by atoms with van der Waals surface area (Å²) in [5.41, 5.74) is 0.0976. The zero-order chi connectivity index (χ0) is 10.9. The van der Waals surface area contributed by atoms with Gasteiger partial charge in [-0.2, -0.15) is 5.10 Å². The van der Waals surface area contributed by atoms with Gasteiger partial charge in [0.1, 0.15) is 0 Å². The Balaban J connectivity index is 3.04. The number of nitrogens with zero attached hydrogens (tertiary/aromatic N) is 1. The highest BCUT2D eigenvalue weighted by molar-refractivity contribution is 7.90. The Kier molecular flexibility index (Phi) is 2.61. The quantitative estimate of drug-likeness (QED) is 0.755. The summed E-state index contributed by atoms with van der Waals surface area (Å²) in [5.74, 6) is -1.19. The van der Waals surface area contributed by atoms with Gasteiger partial charge >= 0.3 is 5.97 Å². The predicted octanol–water partition coefficient (Wildman–Crippen LogP) is 0.214. The van der Waals surface area contributed by atoms with Crippen LogP contribution in [-0.4, -0.2) is 35.9 Å². The lowest BCUT2D eigenvalue weighted by Crippen LogP contribution is -2.07. The van der Waals surface area contributed by atoms with E-state index >= 15 is 0 Å². The van der Waals surface area contributed by atoms with Crippen molar-refractivity contribution >= 4 is 15.8 Å². The summed E-state index contributed by atoms with van der Waals surface area (Å²) in [7, 11) is -3.23. The molecule has 1 rings (SSSR count). The molecule has 1 atom stereocenters. The van der Waals surface area contributed by atoms with Crippen LogP contribution in [0.2, 0.25) is 0 Å². The largest absolute Gasteiger partial charge is 0.476 e. The topological polar surface area (TPSA) is 100 Å². The van der Waals surface area contributed by atoms with Gasteiger partial charge in [0.15, 0.2) is 15.5 Å². The number of nitrogens with one attached hydrogen (secondary N) is 1. The minimum atomic E-state index is -3.23. The first-order valence-corrected chi connectivity index (χ1v) is 5.75.